The lowest BCUT2D eigenvalue weighted by Crippen LogP contribution is -2.03. The minimum Gasteiger partial charge on any atom is -0.102 e. The van der Waals surface area contributed by atoms with Gasteiger partial charge in [0, 0.05) is 0 Å². The van der Waals surface area contributed by atoms with Crippen LogP contribution in [0.3, 0.4) is 0 Å². The highest BCUT2D eigenvalue weighted by molar-refractivity contribution is 6.64. The summed E-state index contributed by atoms with van der Waals surface area (Å²) in [5.74, 6) is 0. The first-order valence-electron chi connectivity index (χ1n) is 3.47. The van der Waals surface area contributed by atoms with E-state index in [1.165, 1.54) is 12.1 Å². The van der Waals surface area contributed by atoms with Gasteiger partial charge in [-0.1, -0.05) is 32.0 Å². The summed E-state index contributed by atoms with van der Waals surface area (Å²) in [6.07, 6.45) is 2.20. The summed E-state index contributed by atoms with van der Waals surface area (Å²) in [4.78, 5) is 0. The predicted molar refractivity (Wildman–Crippen MR) is 42.9 cm³/mol. The maximum atomic E-state index is 2.42. The topological polar surface area (TPSA) is 0 Å². The lowest BCUT2D eigenvalue weighted by atomic mass is 10.8. The molecule has 0 bridgehead atoms. The van der Waals surface area contributed by atoms with E-state index in [2.05, 4.69) is 32.5 Å². The fraction of sp³-hybridized carbons (Fsp3) is 0.714. The second-order valence-electron chi connectivity index (χ2n) is 2.10. The van der Waals surface area contributed by atoms with Crippen molar-refractivity contribution in [2.24, 2.45) is 0 Å². The summed E-state index contributed by atoms with van der Waals surface area (Å²) in [5.41, 5.74) is 2.42. The number of allylic oxidation sites excluding steroid dienone is 1. The molecule has 0 aliphatic carbocycles. The van der Waals surface area contributed by atoms with Gasteiger partial charge in [0.05, 0.1) is 8.80 Å². The van der Waals surface area contributed by atoms with Gasteiger partial charge in [-0.2, -0.15) is 0 Å². The highest BCUT2D eigenvalue weighted by Crippen LogP contribution is 1.98. The van der Waals surface area contributed by atoms with E-state index in [0.717, 1.165) is 0 Å². The van der Waals surface area contributed by atoms with E-state index in [9.17, 15) is 0 Å². The van der Waals surface area contributed by atoms with E-state index in [4.69, 9.17) is 0 Å². The standard InChI is InChI=1S/C7H16Si/c1-4-7-8(5-2)6-3/h4,7-8H,5-6H2,1-3H3. The largest absolute Gasteiger partial charge is 0.102 e. The molecule has 0 heterocycles. The maximum Gasteiger partial charge on any atom is 0.0605 e. The molecule has 8 heavy (non-hydrogen) atoms. The quantitative estimate of drug-likeness (QED) is 0.512. The fourth-order valence-corrected chi connectivity index (χ4v) is 2.50. The predicted octanol–water partition coefficient (Wildman–Crippen LogP) is 2.37. The minimum atomic E-state index is -0.373. The first-order chi connectivity index (χ1) is 3.85. The van der Waals surface area contributed by atoms with Gasteiger partial charge >= 0.3 is 0 Å². The van der Waals surface area contributed by atoms with Gasteiger partial charge in [0.25, 0.3) is 0 Å². The van der Waals surface area contributed by atoms with Gasteiger partial charge in [-0.3, -0.25) is 0 Å². The lowest BCUT2D eigenvalue weighted by molar-refractivity contribution is 1.33. The molecule has 0 N–H and O–H groups in total. The number of hydrogen-bond acceptors (Lipinski definition) is 0. The van der Waals surface area contributed by atoms with Gasteiger partial charge in [0.2, 0.25) is 0 Å². The molecule has 0 rings (SSSR count). The molecule has 0 aliphatic rings. The molecule has 0 spiro atoms. The van der Waals surface area contributed by atoms with Gasteiger partial charge in [0.15, 0.2) is 0 Å². The Hall–Kier alpha value is -0.0431. The van der Waals surface area contributed by atoms with Crippen LogP contribution in [0, 0.1) is 0 Å². The van der Waals surface area contributed by atoms with Crippen LogP contribution in [-0.4, -0.2) is 8.80 Å². The van der Waals surface area contributed by atoms with Crippen LogP contribution in [0.2, 0.25) is 12.1 Å². The van der Waals surface area contributed by atoms with E-state index in [0.29, 0.717) is 0 Å². The van der Waals surface area contributed by atoms with Crippen molar-refractivity contribution in [1.82, 2.24) is 0 Å². The molecule has 0 unspecified atom stereocenters. The summed E-state index contributed by atoms with van der Waals surface area (Å²) < 4.78 is 0. The Bertz CT molecular complexity index is 62.8. The van der Waals surface area contributed by atoms with Crippen molar-refractivity contribution < 1.29 is 0 Å². The van der Waals surface area contributed by atoms with E-state index in [-0.39, 0.29) is 8.80 Å². The van der Waals surface area contributed by atoms with Crippen molar-refractivity contribution in [3.8, 4) is 0 Å². The van der Waals surface area contributed by atoms with Crippen LogP contribution in [0.4, 0.5) is 0 Å². The van der Waals surface area contributed by atoms with Crippen LogP contribution in [0.1, 0.15) is 20.8 Å². The minimum absolute atomic E-state index is 0.373. The smallest absolute Gasteiger partial charge is 0.0605 e. The van der Waals surface area contributed by atoms with Gasteiger partial charge < -0.3 is 0 Å². The molecule has 0 amide bonds. The molecule has 0 saturated heterocycles. The van der Waals surface area contributed by atoms with E-state index >= 15 is 0 Å². The lowest BCUT2D eigenvalue weighted by Gasteiger charge is -2.00. The van der Waals surface area contributed by atoms with E-state index < -0.39 is 0 Å². The van der Waals surface area contributed by atoms with Crippen molar-refractivity contribution >= 4 is 8.80 Å². The van der Waals surface area contributed by atoms with Crippen LogP contribution in [-0.2, 0) is 0 Å². The van der Waals surface area contributed by atoms with Crippen molar-refractivity contribution in [2.75, 3.05) is 0 Å². The Kier molecular flexibility index (Phi) is 5.07. The van der Waals surface area contributed by atoms with Crippen LogP contribution >= 0.6 is 0 Å². The second-order valence-corrected chi connectivity index (χ2v) is 5.64. The van der Waals surface area contributed by atoms with Gasteiger partial charge in [-0.15, -0.1) is 5.70 Å². The molecule has 0 nitrogen and oxygen atoms in total. The number of rotatable bonds is 3. The molecule has 1 heteroatoms. The van der Waals surface area contributed by atoms with Gasteiger partial charge in [0.1, 0.15) is 0 Å². The first-order valence-corrected chi connectivity index (χ1v) is 5.77. The van der Waals surface area contributed by atoms with Crippen molar-refractivity contribution in [2.45, 2.75) is 32.9 Å². The normalized spacial score (nSPS) is 11.5. The maximum absolute atomic E-state index is 2.42. The summed E-state index contributed by atoms with van der Waals surface area (Å²) in [6.45, 7) is 6.70. The Morgan fingerprint density at radius 3 is 1.88 bits per heavy atom. The zero-order valence-corrected chi connectivity index (χ0v) is 7.30. The van der Waals surface area contributed by atoms with Crippen molar-refractivity contribution in [3.63, 3.8) is 0 Å². The average molecular weight is 128 g/mol. The molecule has 0 atom stereocenters. The molecule has 0 aromatic heterocycles. The second kappa shape index (κ2) is 5.10. The van der Waals surface area contributed by atoms with Crippen molar-refractivity contribution in [3.05, 3.63) is 11.8 Å². The highest BCUT2D eigenvalue weighted by Gasteiger charge is 1.96. The molecular formula is C7H16Si. The monoisotopic (exact) mass is 128 g/mol. The van der Waals surface area contributed by atoms with E-state index in [1.807, 2.05) is 0 Å². The van der Waals surface area contributed by atoms with Crippen LogP contribution in [0.5, 0.6) is 0 Å². The van der Waals surface area contributed by atoms with Crippen LogP contribution in [0.15, 0.2) is 11.8 Å². The van der Waals surface area contributed by atoms with E-state index in [1.54, 1.807) is 0 Å². The Morgan fingerprint density at radius 2 is 1.75 bits per heavy atom. The van der Waals surface area contributed by atoms with Crippen LogP contribution < -0.4 is 0 Å². The third kappa shape index (κ3) is 3.02. The average Bonchev–Trinajstić information content (AvgIpc) is 1.83. The summed E-state index contributed by atoms with van der Waals surface area (Å²) in [6, 6.07) is 2.84. The summed E-state index contributed by atoms with van der Waals surface area (Å²) >= 11 is 0. The highest BCUT2D eigenvalue weighted by atomic mass is 28.3. The molecule has 0 fully saturated rings. The molecule has 48 valence electrons. The molecule has 0 saturated carbocycles. The Morgan fingerprint density at radius 1 is 1.25 bits per heavy atom. The Labute approximate surface area is 54.2 Å². The first kappa shape index (κ1) is 7.96. The summed E-state index contributed by atoms with van der Waals surface area (Å²) in [5, 5.41) is 0. The molecule has 0 aliphatic heterocycles. The third-order valence-electron chi connectivity index (χ3n) is 1.51. The van der Waals surface area contributed by atoms with Gasteiger partial charge in [-0.25, -0.2) is 0 Å². The molecular weight excluding hydrogens is 112 g/mol. The van der Waals surface area contributed by atoms with Gasteiger partial charge in [-0.05, 0) is 6.92 Å². The zero-order chi connectivity index (χ0) is 6.41. The van der Waals surface area contributed by atoms with Crippen LogP contribution in [0.25, 0.3) is 0 Å². The molecule has 0 radical (unpaired) electrons. The SMILES string of the molecule is CC=C[SiH](CC)CC. The third-order valence-corrected chi connectivity index (χ3v) is 4.54. The number of hydrogen-bond donors (Lipinski definition) is 0. The fourth-order valence-electron chi connectivity index (χ4n) is 0.833. The summed E-state index contributed by atoms with van der Waals surface area (Å²) in [7, 11) is -0.373. The van der Waals surface area contributed by atoms with Crippen molar-refractivity contribution in [1.29, 1.82) is 0 Å². The Balaban J connectivity index is 3.36. The zero-order valence-electron chi connectivity index (χ0n) is 6.15. The molecule has 0 aromatic carbocycles. The molecule has 0 aromatic rings.